The van der Waals surface area contributed by atoms with Gasteiger partial charge in [-0.2, -0.15) is 0 Å². The van der Waals surface area contributed by atoms with Gasteiger partial charge in [0.1, 0.15) is 0 Å². The molecule has 9 aromatic rings. The molecule has 0 spiro atoms. The SMILES string of the molecule is CC(C)(C)c1ccc(N2c3cc(N(c4ccccc4)c4ccccc4)cc4c3B(c3cc5c(cc3N4c3ccc(C(C)(C)C)cc3-c3ccccc3)C(C)(C)CCC5(C)C)c3sc4ccc(C(C)(C)C)cc4c32)cc1. The molecular weight excluding hydrogens is 926 g/mol. The Kier molecular flexibility index (Phi) is 11.4. The first-order valence-corrected chi connectivity index (χ1v) is 28.1. The van der Waals surface area contributed by atoms with Crippen molar-refractivity contribution in [3.05, 3.63) is 204 Å². The summed E-state index contributed by atoms with van der Waals surface area (Å²) >= 11 is 2.00. The molecule has 8 aromatic carbocycles. The van der Waals surface area contributed by atoms with E-state index < -0.39 is 0 Å². The van der Waals surface area contributed by atoms with Crippen LogP contribution in [0.3, 0.4) is 0 Å². The van der Waals surface area contributed by atoms with Crippen LogP contribution in [0.1, 0.15) is 131 Å². The predicted octanol–water partition coefficient (Wildman–Crippen LogP) is 18.4. The third-order valence-corrected chi connectivity index (χ3v) is 18.2. The van der Waals surface area contributed by atoms with E-state index >= 15 is 0 Å². The van der Waals surface area contributed by atoms with Crippen LogP contribution in [0.4, 0.5) is 51.2 Å². The van der Waals surface area contributed by atoms with Gasteiger partial charge < -0.3 is 14.7 Å². The number of benzene rings is 8. The number of rotatable bonds is 6. The van der Waals surface area contributed by atoms with E-state index in [1.807, 2.05) is 11.3 Å². The summed E-state index contributed by atoms with van der Waals surface area (Å²) < 4.78 is 2.72. The lowest BCUT2D eigenvalue weighted by atomic mass is 9.35. The van der Waals surface area contributed by atoms with Gasteiger partial charge in [-0.1, -0.05) is 187 Å². The van der Waals surface area contributed by atoms with Crippen LogP contribution in [0, 0.1) is 0 Å². The van der Waals surface area contributed by atoms with Crippen molar-refractivity contribution >= 4 is 95.0 Å². The zero-order valence-electron chi connectivity index (χ0n) is 46.5. The second-order valence-electron chi connectivity index (χ2n) is 26.2. The van der Waals surface area contributed by atoms with Crippen molar-refractivity contribution in [3.63, 3.8) is 0 Å². The fourth-order valence-corrected chi connectivity index (χ4v) is 13.7. The zero-order chi connectivity index (χ0) is 52.6. The normalized spacial score (nSPS) is 15.6. The molecule has 12 rings (SSSR count). The minimum atomic E-state index is -0.0555. The fourth-order valence-electron chi connectivity index (χ4n) is 12.4. The topological polar surface area (TPSA) is 9.72 Å². The Hall–Kier alpha value is -6.82. The Balaban J connectivity index is 1.28. The zero-order valence-corrected chi connectivity index (χ0v) is 47.3. The van der Waals surface area contributed by atoms with Gasteiger partial charge in [-0.25, -0.2) is 0 Å². The summed E-state index contributed by atoms with van der Waals surface area (Å²) in [5.74, 6) is 0. The molecule has 3 nitrogen and oxygen atoms in total. The largest absolute Gasteiger partial charge is 0.311 e. The molecule has 0 unspecified atom stereocenters. The molecule has 2 aliphatic heterocycles. The maximum atomic E-state index is 2.70. The molecule has 0 saturated carbocycles. The van der Waals surface area contributed by atoms with Crippen molar-refractivity contribution in [3.8, 4) is 11.1 Å². The number of hydrogen-bond donors (Lipinski definition) is 0. The van der Waals surface area contributed by atoms with E-state index in [0.29, 0.717) is 0 Å². The molecule has 0 atom stereocenters. The van der Waals surface area contributed by atoms with Crippen LogP contribution in [0.2, 0.25) is 0 Å². The van der Waals surface area contributed by atoms with Crippen LogP contribution in [0.15, 0.2) is 176 Å². The molecule has 0 radical (unpaired) electrons. The van der Waals surface area contributed by atoms with Crippen LogP contribution >= 0.6 is 11.3 Å². The molecule has 3 heterocycles. The Morgan fingerprint density at radius 3 is 1.55 bits per heavy atom. The highest BCUT2D eigenvalue weighted by Crippen LogP contribution is 2.55. The number of anilines is 9. The van der Waals surface area contributed by atoms with E-state index in [1.165, 1.54) is 98.9 Å². The first-order chi connectivity index (χ1) is 35.6. The van der Waals surface area contributed by atoms with Crippen molar-refractivity contribution in [2.24, 2.45) is 0 Å². The number of thiophene rings is 1. The van der Waals surface area contributed by atoms with Crippen molar-refractivity contribution in [2.45, 2.75) is 130 Å². The second kappa shape index (κ2) is 17.4. The molecule has 0 bridgehead atoms. The number of hydrogen-bond acceptors (Lipinski definition) is 4. The summed E-state index contributed by atoms with van der Waals surface area (Å²) in [7, 11) is 0. The molecule has 0 fully saturated rings. The minimum absolute atomic E-state index is 0.00299. The highest BCUT2D eigenvalue weighted by molar-refractivity contribution is 7.33. The summed E-state index contributed by atoms with van der Waals surface area (Å²) in [5, 5.41) is 1.32. The summed E-state index contributed by atoms with van der Waals surface area (Å²) in [5.41, 5.74) is 22.7. The monoisotopic (exact) mass is 998 g/mol. The van der Waals surface area contributed by atoms with Crippen molar-refractivity contribution < 1.29 is 0 Å². The van der Waals surface area contributed by atoms with Crippen LogP contribution in [-0.2, 0) is 27.1 Å². The average Bonchev–Trinajstić information content (AvgIpc) is 3.77. The van der Waals surface area contributed by atoms with E-state index in [1.54, 1.807) is 0 Å². The van der Waals surface area contributed by atoms with Crippen LogP contribution in [0.5, 0.6) is 0 Å². The lowest BCUT2D eigenvalue weighted by Gasteiger charge is -2.47. The van der Waals surface area contributed by atoms with Gasteiger partial charge in [-0.05, 0) is 163 Å². The highest BCUT2D eigenvalue weighted by atomic mass is 32.1. The van der Waals surface area contributed by atoms with E-state index in [2.05, 4.69) is 281 Å². The number of nitrogens with zero attached hydrogens (tertiary/aromatic N) is 3. The highest BCUT2D eigenvalue weighted by Gasteiger charge is 2.48. The maximum absolute atomic E-state index is 2.70. The quantitative estimate of drug-likeness (QED) is 0.154. The Morgan fingerprint density at radius 1 is 0.467 bits per heavy atom. The molecule has 0 N–H and O–H groups in total. The van der Waals surface area contributed by atoms with Crippen molar-refractivity contribution in [2.75, 3.05) is 14.7 Å². The van der Waals surface area contributed by atoms with E-state index in [-0.39, 0.29) is 33.8 Å². The summed E-state index contributed by atoms with van der Waals surface area (Å²) in [6.07, 6.45) is 2.28. The summed E-state index contributed by atoms with van der Waals surface area (Å²) in [6, 6.07) is 67.6. The maximum Gasteiger partial charge on any atom is 0.264 e. The third-order valence-electron chi connectivity index (χ3n) is 17.0. The smallest absolute Gasteiger partial charge is 0.264 e. The van der Waals surface area contributed by atoms with Crippen LogP contribution in [-0.4, -0.2) is 6.71 Å². The molecule has 0 saturated heterocycles. The summed E-state index contributed by atoms with van der Waals surface area (Å²) in [6.45, 7) is 30.9. The van der Waals surface area contributed by atoms with Gasteiger partial charge in [0.15, 0.2) is 0 Å². The third kappa shape index (κ3) is 8.24. The molecule has 5 heteroatoms. The lowest BCUT2D eigenvalue weighted by molar-refractivity contribution is 0.332. The van der Waals surface area contributed by atoms with E-state index in [4.69, 9.17) is 0 Å². The fraction of sp³-hybridized carbons (Fsp3) is 0.286. The molecule has 376 valence electrons. The van der Waals surface area contributed by atoms with Gasteiger partial charge in [-0.3, -0.25) is 0 Å². The van der Waals surface area contributed by atoms with Gasteiger partial charge in [0, 0.05) is 54.6 Å². The molecule has 75 heavy (non-hydrogen) atoms. The predicted molar refractivity (Wildman–Crippen MR) is 327 cm³/mol. The molecule has 1 aliphatic carbocycles. The molecule has 1 aromatic heterocycles. The summed E-state index contributed by atoms with van der Waals surface area (Å²) in [4.78, 5) is 7.83. The first kappa shape index (κ1) is 49.1. The molecule has 0 amide bonds. The van der Waals surface area contributed by atoms with Gasteiger partial charge in [0.2, 0.25) is 0 Å². The molecule has 3 aliphatic rings. The number of fused-ring (bicyclic) bond motifs is 7. The van der Waals surface area contributed by atoms with Gasteiger partial charge in [0.25, 0.3) is 6.71 Å². The standard InChI is InChI=1S/C70H72BN3S/c1-66(2,3)46-29-33-51(34-30-46)73-60-41-52(72(49-25-19-15-20-26-49)50-27-21-16-22-28-50)42-61-63(60)71(65-64(73)54-40-48(68(7,8)9)32-36-62(54)75-65)57-43-55-56(70(12,13)38-37-69(55,10)11)44-59(57)74(61)58-35-31-47(67(4,5)6)39-53(58)45-23-17-14-18-24-45/h14-36,39-44H,37-38H2,1-13H3. The Morgan fingerprint density at radius 2 is 0.973 bits per heavy atom. The average molecular weight is 998 g/mol. The number of para-hydroxylation sites is 2. The lowest BCUT2D eigenvalue weighted by Crippen LogP contribution is -2.61. The van der Waals surface area contributed by atoms with E-state index in [0.717, 1.165) is 29.9 Å². The van der Waals surface area contributed by atoms with Crippen LogP contribution in [0.25, 0.3) is 21.2 Å². The van der Waals surface area contributed by atoms with Gasteiger partial charge >= 0.3 is 0 Å². The van der Waals surface area contributed by atoms with Gasteiger partial charge in [-0.15, -0.1) is 11.3 Å². The molecular formula is C70H72BN3S. The van der Waals surface area contributed by atoms with Crippen molar-refractivity contribution in [1.29, 1.82) is 0 Å². The van der Waals surface area contributed by atoms with Crippen molar-refractivity contribution in [1.82, 2.24) is 0 Å². The second-order valence-corrected chi connectivity index (χ2v) is 27.2. The minimum Gasteiger partial charge on any atom is -0.311 e. The van der Waals surface area contributed by atoms with Gasteiger partial charge in [0.05, 0.1) is 17.1 Å². The van der Waals surface area contributed by atoms with E-state index in [9.17, 15) is 0 Å². The Bertz CT molecular complexity index is 3620. The van der Waals surface area contributed by atoms with Crippen LogP contribution < -0.4 is 30.4 Å². The first-order valence-electron chi connectivity index (χ1n) is 27.3. The Labute approximate surface area is 452 Å².